The SMILES string of the molecule is [2H]C(c1ccc(-c2ccc3ncn(C)c3c2)cc1)N(C(=O)C1CCCCC1)c1cccc(/C=C/C)c1. The lowest BCUT2D eigenvalue weighted by molar-refractivity contribution is -0.123. The summed E-state index contributed by atoms with van der Waals surface area (Å²) in [5.74, 6) is 0.0555. The normalized spacial score (nSPS) is 15.9. The molecule has 0 radical (unpaired) electrons. The van der Waals surface area contributed by atoms with Crippen molar-refractivity contribution in [2.75, 3.05) is 4.90 Å². The molecule has 1 aromatic heterocycles. The minimum atomic E-state index is -0.811. The molecule has 1 aliphatic rings. The summed E-state index contributed by atoms with van der Waals surface area (Å²) < 4.78 is 11.2. The molecule has 0 bridgehead atoms. The molecule has 3 aromatic carbocycles. The van der Waals surface area contributed by atoms with Gasteiger partial charge in [-0.3, -0.25) is 4.79 Å². The van der Waals surface area contributed by atoms with Crippen LogP contribution in [0.2, 0.25) is 0 Å². The first kappa shape index (κ1) is 21.8. The fraction of sp³-hybridized carbons (Fsp3) is 0.290. The highest BCUT2D eigenvalue weighted by atomic mass is 16.2. The van der Waals surface area contributed by atoms with Crippen LogP contribution in [-0.4, -0.2) is 15.5 Å². The Kier molecular flexibility index (Phi) is 6.43. The number of hydrogen-bond acceptors (Lipinski definition) is 2. The zero-order valence-electron chi connectivity index (χ0n) is 21.5. The van der Waals surface area contributed by atoms with Gasteiger partial charge in [-0.1, -0.05) is 73.9 Å². The molecule has 35 heavy (non-hydrogen) atoms. The summed E-state index contributed by atoms with van der Waals surface area (Å²) in [7, 11) is 2.00. The number of anilines is 1. The molecule has 5 rings (SSSR count). The van der Waals surface area contributed by atoms with Crippen LogP contribution in [0.3, 0.4) is 0 Å². The number of aromatic nitrogens is 2. The monoisotopic (exact) mass is 464 g/mol. The second-order valence-corrected chi connectivity index (χ2v) is 9.45. The van der Waals surface area contributed by atoms with E-state index in [1.165, 1.54) is 6.42 Å². The number of amides is 1. The average molecular weight is 465 g/mol. The average Bonchev–Trinajstić information content (AvgIpc) is 3.29. The van der Waals surface area contributed by atoms with E-state index in [9.17, 15) is 6.17 Å². The van der Waals surface area contributed by atoms with Gasteiger partial charge in [0.05, 0.1) is 25.3 Å². The molecule has 1 heterocycles. The molecule has 178 valence electrons. The molecule has 1 atom stereocenters. The Bertz CT molecular complexity index is 1380. The first-order chi connectivity index (χ1) is 17.5. The van der Waals surface area contributed by atoms with Crippen molar-refractivity contribution in [2.45, 2.75) is 45.5 Å². The highest BCUT2D eigenvalue weighted by Crippen LogP contribution is 2.30. The van der Waals surface area contributed by atoms with Crippen molar-refractivity contribution in [3.05, 3.63) is 90.3 Å². The van der Waals surface area contributed by atoms with E-state index in [-0.39, 0.29) is 11.8 Å². The van der Waals surface area contributed by atoms with Crippen LogP contribution < -0.4 is 4.90 Å². The maximum atomic E-state index is 13.8. The highest BCUT2D eigenvalue weighted by Gasteiger charge is 2.27. The molecular formula is C31H33N3O. The number of hydrogen-bond donors (Lipinski definition) is 0. The minimum Gasteiger partial charge on any atom is -0.334 e. The topological polar surface area (TPSA) is 38.1 Å². The van der Waals surface area contributed by atoms with Crippen molar-refractivity contribution >= 4 is 28.7 Å². The van der Waals surface area contributed by atoms with Gasteiger partial charge in [0, 0.05) is 18.7 Å². The first-order valence-electron chi connectivity index (χ1n) is 13.1. The molecule has 4 nitrogen and oxygen atoms in total. The van der Waals surface area contributed by atoms with Crippen LogP contribution in [-0.2, 0) is 18.4 Å². The number of imidazole rings is 1. The lowest BCUT2D eigenvalue weighted by Crippen LogP contribution is -2.36. The number of carbonyl (C=O) groups excluding carboxylic acids is 1. The summed E-state index contributed by atoms with van der Waals surface area (Å²) in [6.45, 7) is 1.17. The number of nitrogens with zero attached hydrogens (tertiary/aromatic N) is 3. The highest BCUT2D eigenvalue weighted by molar-refractivity contribution is 5.95. The van der Waals surface area contributed by atoms with Crippen molar-refractivity contribution in [1.82, 2.24) is 9.55 Å². The van der Waals surface area contributed by atoms with Gasteiger partial charge in [0.15, 0.2) is 0 Å². The van der Waals surface area contributed by atoms with Crippen LogP contribution in [0.25, 0.3) is 28.2 Å². The summed E-state index contributed by atoms with van der Waals surface area (Å²) in [6, 6.07) is 22.3. The van der Waals surface area contributed by atoms with Crippen molar-refractivity contribution in [2.24, 2.45) is 13.0 Å². The van der Waals surface area contributed by atoms with Crippen LogP contribution in [0.15, 0.2) is 79.1 Å². The molecule has 0 saturated heterocycles. The smallest absolute Gasteiger partial charge is 0.230 e. The molecule has 0 spiro atoms. The summed E-state index contributed by atoms with van der Waals surface area (Å²) in [4.78, 5) is 19.9. The zero-order chi connectivity index (χ0) is 25.1. The van der Waals surface area contributed by atoms with Crippen molar-refractivity contribution < 1.29 is 6.17 Å². The summed E-state index contributed by atoms with van der Waals surface area (Å²) in [6.07, 6.45) is 11.0. The molecule has 4 aromatic rings. The van der Waals surface area contributed by atoms with Gasteiger partial charge in [-0.15, -0.1) is 0 Å². The summed E-state index contributed by atoms with van der Waals surface area (Å²) >= 11 is 0. The van der Waals surface area contributed by atoms with Gasteiger partial charge in [-0.05, 0) is 66.3 Å². The zero-order valence-corrected chi connectivity index (χ0v) is 20.5. The fourth-order valence-electron chi connectivity index (χ4n) is 5.00. The molecule has 1 saturated carbocycles. The van der Waals surface area contributed by atoms with Crippen LogP contribution >= 0.6 is 0 Å². The van der Waals surface area contributed by atoms with Crippen molar-refractivity contribution in [1.29, 1.82) is 0 Å². The van der Waals surface area contributed by atoms with E-state index < -0.39 is 6.52 Å². The third-order valence-corrected chi connectivity index (χ3v) is 6.95. The lowest BCUT2D eigenvalue weighted by atomic mass is 9.88. The van der Waals surface area contributed by atoms with Crippen LogP contribution in [0, 0.1) is 5.92 Å². The molecule has 1 fully saturated rings. The fourth-order valence-corrected chi connectivity index (χ4v) is 5.00. The summed E-state index contributed by atoms with van der Waals surface area (Å²) in [5.41, 5.74) is 6.86. The number of allylic oxidation sites excluding steroid dienone is 1. The number of benzene rings is 3. The van der Waals surface area contributed by atoms with E-state index in [0.29, 0.717) is 0 Å². The third-order valence-electron chi connectivity index (χ3n) is 6.95. The molecule has 1 amide bonds. The first-order valence-corrected chi connectivity index (χ1v) is 12.5. The Balaban J connectivity index is 1.47. The van der Waals surface area contributed by atoms with Gasteiger partial charge in [-0.25, -0.2) is 4.98 Å². The molecule has 0 N–H and O–H groups in total. The van der Waals surface area contributed by atoms with E-state index in [1.807, 2.05) is 91.6 Å². The Morgan fingerprint density at radius 1 is 1.06 bits per heavy atom. The van der Waals surface area contributed by atoms with E-state index >= 15 is 0 Å². The van der Waals surface area contributed by atoms with E-state index in [0.717, 1.165) is 64.7 Å². The van der Waals surface area contributed by atoms with E-state index in [2.05, 4.69) is 17.1 Å². The quantitative estimate of drug-likeness (QED) is 0.298. The second kappa shape index (κ2) is 10.3. The van der Waals surface area contributed by atoms with Crippen LogP contribution in [0.1, 0.15) is 51.5 Å². The van der Waals surface area contributed by atoms with E-state index in [1.54, 1.807) is 4.90 Å². The lowest BCUT2D eigenvalue weighted by Gasteiger charge is -2.30. The van der Waals surface area contributed by atoms with Gasteiger partial charge in [0.1, 0.15) is 0 Å². The van der Waals surface area contributed by atoms with Crippen molar-refractivity contribution in [3.8, 4) is 11.1 Å². The third kappa shape index (κ3) is 5.07. The van der Waals surface area contributed by atoms with Gasteiger partial charge in [-0.2, -0.15) is 0 Å². The summed E-state index contributed by atoms with van der Waals surface area (Å²) in [5, 5.41) is 0. The van der Waals surface area contributed by atoms with Gasteiger partial charge < -0.3 is 9.47 Å². The van der Waals surface area contributed by atoms with Crippen LogP contribution in [0.4, 0.5) is 5.69 Å². The van der Waals surface area contributed by atoms with Gasteiger partial charge >= 0.3 is 0 Å². The van der Waals surface area contributed by atoms with Gasteiger partial charge in [0.25, 0.3) is 0 Å². The molecule has 1 aliphatic carbocycles. The molecule has 1 unspecified atom stereocenters. The Morgan fingerprint density at radius 2 is 1.83 bits per heavy atom. The van der Waals surface area contributed by atoms with Gasteiger partial charge in [0.2, 0.25) is 5.91 Å². The predicted molar refractivity (Wildman–Crippen MR) is 145 cm³/mol. The maximum Gasteiger partial charge on any atom is 0.230 e. The Morgan fingerprint density at radius 3 is 2.60 bits per heavy atom. The number of aryl methyl sites for hydroxylation is 1. The number of carbonyl (C=O) groups is 1. The number of fused-ring (bicyclic) bond motifs is 1. The minimum absolute atomic E-state index is 0.0122. The Labute approximate surface area is 209 Å². The number of rotatable bonds is 6. The van der Waals surface area contributed by atoms with E-state index in [4.69, 9.17) is 0 Å². The molecular weight excluding hydrogens is 430 g/mol. The second-order valence-electron chi connectivity index (χ2n) is 9.45. The van der Waals surface area contributed by atoms with Crippen LogP contribution in [0.5, 0.6) is 0 Å². The predicted octanol–water partition coefficient (Wildman–Crippen LogP) is 7.39. The molecule has 4 heteroatoms. The standard InChI is InChI=1S/C31H33N3O/c1-3-8-23-9-7-12-28(19-23)34(31(35)26-10-5-4-6-11-26)21-24-13-15-25(16-14-24)27-17-18-29-30(20-27)33(2)22-32-29/h3,7-9,12-20,22,26H,4-6,10-11,21H2,1-2H3/b8-3+/i21D. The maximum absolute atomic E-state index is 13.8. The molecule has 0 aliphatic heterocycles. The largest absolute Gasteiger partial charge is 0.334 e. The Hall–Kier alpha value is -3.66. The van der Waals surface area contributed by atoms with Crippen molar-refractivity contribution in [3.63, 3.8) is 0 Å².